The van der Waals surface area contributed by atoms with E-state index in [1.54, 1.807) is 11.3 Å². The molecule has 4 heteroatoms. The Kier molecular flexibility index (Phi) is 2.79. The van der Waals surface area contributed by atoms with Crippen LogP contribution in [0.2, 0.25) is 0 Å². The van der Waals surface area contributed by atoms with E-state index in [1.165, 1.54) is 16.7 Å². The summed E-state index contributed by atoms with van der Waals surface area (Å²) in [7, 11) is 0. The molecule has 3 nitrogen and oxygen atoms in total. The standard InChI is InChI=1S/C11H13N3S/c1-7-4-3-5-8(2)10(7)11-14-13-9(6-12)15-11/h3-5H,6,12H2,1-2H3. The van der Waals surface area contributed by atoms with Crippen LogP contribution >= 0.6 is 11.3 Å². The summed E-state index contributed by atoms with van der Waals surface area (Å²) in [6.45, 7) is 4.64. The van der Waals surface area contributed by atoms with E-state index in [2.05, 4.69) is 42.2 Å². The number of nitrogens with two attached hydrogens (primary N) is 1. The normalized spacial score (nSPS) is 10.6. The van der Waals surface area contributed by atoms with Crippen molar-refractivity contribution >= 4 is 11.3 Å². The van der Waals surface area contributed by atoms with Crippen molar-refractivity contribution < 1.29 is 0 Å². The van der Waals surface area contributed by atoms with E-state index in [4.69, 9.17) is 5.73 Å². The van der Waals surface area contributed by atoms with Crippen LogP contribution in [0.25, 0.3) is 10.6 Å². The molecule has 0 unspecified atom stereocenters. The first-order valence-corrected chi connectivity index (χ1v) is 5.63. The maximum Gasteiger partial charge on any atom is 0.148 e. The molecule has 0 saturated carbocycles. The third kappa shape index (κ3) is 1.91. The Bertz CT molecular complexity index is 456. The monoisotopic (exact) mass is 219 g/mol. The molecule has 78 valence electrons. The van der Waals surface area contributed by atoms with Gasteiger partial charge in [-0.3, -0.25) is 0 Å². The second-order valence-electron chi connectivity index (χ2n) is 3.47. The van der Waals surface area contributed by atoms with Gasteiger partial charge in [-0.25, -0.2) is 0 Å². The van der Waals surface area contributed by atoms with Crippen molar-refractivity contribution in [2.45, 2.75) is 20.4 Å². The first kappa shape index (κ1) is 10.3. The summed E-state index contributed by atoms with van der Waals surface area (Å²) in [5.74, 6) is 0. The van der Waals surface area contributed by atoms with Crippen molar-refractivity contribution in [3.05, 3.63) is 34.3 Å². The van der Waals surface area contributed by atoms with Gasteiger partial charge in [0.25, 0.3) is 0 Å². The summed E-state index contributed by atoms with van der Waals surface area (Å²) < 4.78 is 0. The Hall–Kier alpha value is -1.26. The second kappa shape index (κ2) is 4.08. The zero-order valence-electron chi connectivity index (χ0n) is 8.82. The van der Waals surface area contributed by atoms with Crippen molar-refractivity contribution in [3.8, 4) is 10.6 Å². The average molecular weight is 219 g/mol. The number of hydrogen-bond acceptors (Lipinski definition) is 4. The highest BCUT2D eigenvalue weighted by molar-refractivity contribution is 7.14. The number of aromatic nitrogens is 2. The second-order valence-corrected chi connectivity index (χ2v) is 4.53. The van der Waals surface area contributed by atoms with E-state index in [1.807, 2.05) is 0 Å². The van der Waals surface area contributed by atoms with E-state index < -0.39 is 0 Å². The molecule has 0 bridgehead atoms. The van der Waals surface area contributed by atoms with E-state index in [9.17, 15) is 0 Å². The van der Waals surface area contributed by atoms with Crippen LogP contribution in [-0.2, 0) is 6.54 Å². The first-order valence-electron chi connectivity index (χ1n) is 4.81. The van der Waals surface area contributed by atoms with Crippen LogP contribution in [0.5, 0.6) is 0 Å². The molecule has 0 fully saturated rings. The maximum atomic E-state index is 5.53. The molecule has 2 rings (SSSR count). The lowest BCUT2D eigenvalue weighted by molar-refractivity contribution is 0.959. The molecule has 0 aliphatic carbocycles. The molecule has 1 aromatic heterocycles. The summed E-state index contributed by atoms with van der Waals surface area (Å²) in [6.07, 6.45) is 0. The molecular weight excluding hydrogens is 206 g/mol. The fraction of sp³-hybridized carbons (Fsp3) is 0.273. The Morgan fingerprint density at radius 1 is 1.20 bits per heavy atom. The molecule has 2 N–H and O–H groups in total. The number of nitrogens with zero attached hydrogens (tertiary/aromatic N) is 2. The summed E-state index contributed by atoms with van der Waals surface area (Å²) in [4.78, 5) is 0. The van der Waals surface area contributed by atoms with Gasteiger partial charge >= 0.3 is 0 Å². The lowest BCUT2D eigenvalue weighted by Crippen LogP contribution is -1.94. The van der Waals surface area contributed by atoms with E-state index >= 15 is 0 Å². The van der Waals surface area contributed by atoms with Gasteiger partial charge in [0.1, 0.15) is 10.0 Å². The van der Waals surface area contributed by atoms with E-state index in [0.29, 0.717) is 6.54 Å². The van der Waals surface area contributed by atoms with Crippen LogP contribution in [0.4, 0.5) is 0 Å². The average Bonchev–Trinajstić information content (AvgIpc) is 2.66. The molecule has 15 heavy (non-hydrogen) atoms. The molecule has 2 aromatic rings. The predicted octanol–water partition coefficient (Wildman–Crippen LogP) is 2.28. The van der Waals surface area contributed by atoms with Gasteiger partial charge in [0.05, 0.1) is 0 Å². The Morgan fingerprint density at radius 3 is 2.40 bits per heavy atom. The Morgan fingerprint density at radius 2 is 1.87 bits per heavy atom. The summed E-state index contributed by atoms with van der Waals surface area (Å²) >= 11 is 1.57. The van der Waals surface area contributed by atoms with Crippen LogP contribution in [0.1, 0.15) is 16.1 Å². The molecule has 0 radical (unpaired) electrons. The number of aryl methyl sites for hydroxylation is 2. The van der Waals surface area contributed by atoms with Crippen molar-refractivity contribution in [1.82, 2.24) is 10.2 Å². The van der Waals surface area contributed by atoms with Gasteiger partial charge in [0.2, 0.25) is 0 Å². The zero-order chi connectivity index (χ0) is 10.8. The third-order valence-corrected chi connectivity index (χ3v) is 3.30. The quantitative estimate of drug-likeness (QED) is 0.843. The van der Waals surface area contributed by atoms with Crippen molar-refractivity contribution in [2.24, 2.45) is 5.73 Å². The minimum atomic E-state index is 0.461. The van der Waals surface area contributed by atoms with Crippen LogP contribution < -0.4 is 5.73 Å². The van der Waals surface area contributed by atoms with Gasteiger partial charge in [-0.05, 0) is 25.0 Å². The zero-order valence-corrected chi connectivity index (χ0v) is 9.64. The molecule has 0 spiro atoms. The molecule has 0 aliphatic rings. The van der Waals surface area contributed by atoms with Gasteiger partial charge < -0.3 is 5.73 Å². The molecule has 0 aliphatic heterocycles. The summed E-state index contributed by atoms with van der Waals surface area (Å²) in [5.41, 5.74) is 9.18. The minimum Gasteiger partial charge on any atom is -0.324 e. The van der Waals surface area contributed by atoms with Crippen LogP contribution in [0.3, 0.4) is 0 Å². The van der Waals surface area contributed by atoms with Gasteiger partial charge in [0, 0.05) is 12.1 Å². The first-order chi connectivity index (χ1) is 7.22. The molecule has 0 saturated heterocycles. The largest absolute Gasteiger partial charge is 0.324 e. The molecule has 1 aromatic carbocycles. The number of hydrogen-bond donors (Lipinski definition) is 1. The summed E-state index contributed by atoms with van der Waals surface area (Å²) in [5, 5.41) is 10.1. The minimum absolute atomic E-state index is 0.461. The van der Waals surface area contributed by atoms with Gasteiger partial charge in [-0.15, -0.1) is 10.2 Å². The van der Waals surface area contributed by atoms with Crippen molar-refractivity contribution in [3.63, 3.8) is 0 Å². The van der Waals surface area contributed by atoms with Crippen molar-refractivity contribution in [1.29, 1.82) is 0 Å². The van der Waals surface area contributed by atoms with Gasteiger partial charge in [-0.2, -0.15) is 0 Å². The van der Waals surface area contributed by atoms with Gasteiger partial charge in [0.15, 0.2) is 0 Å². The number of rotatable bonds is 2. The summed E-state index contributed by atoms with van der Waals surface area (Å²) in [6, 6.07) is 6.23. The lowest BCUT2D eigenvalue weighted by atomic mass is 10.0. The Balaban J connectivity index is 2.53. The van der Waals surface area contributed by atoms with E-state index in [0.717, 1.165) is 10.0 Å². The molecular formula is C11H13N3S. The van der Waals surface area contributed by atoms with Crippen molar-refractivity contribution in [2.75, 3.05) is 0 Å². The SMILES string of the molecule is Cc1cccc(C)c1-c1nnc(CN)s1. The van der Waals surface area contributed by atoms with Gasteiger partial charge in [-0.1, -0.05) is 29.5 Å². The Labute approximate surface area is 93.0 Å². The highest BCUT2D eigenvalue weighted by atomic mass is 32.1. The molecule has 0 atom stereocenters. The lowest BCUT2D eigenvalue weighted by Gasteiger charge is -2.04. The predicted molar refractivity (Wildman–Crippen MR) is 62.7 cm³/mol. The molecule has 0 amide bonds. The topological polar surface area (TPSA) is 51.8 Å². The third-order valence-electron chi connectivity index (χ3n) is 2.34. The van der Waals surface area contributed by atoms with Crippen LogP contribution in [-0.4, -0.2) is 10.2 Å². The fourth-order valence-corrected chi connectivity index (χ4v) is 2.48. The molecule has 1 heterocycles. The maximum absolute atomic E-state index is 5.53. The van der Waals surface area contributed by atoms with E-state index in [-0.39, 0.29) is 0 Å². The highest BCUT2D eigenvalue weighted by Gasteiger charge is 2.10. The fourth-order valence-electron chi connectivity index (χ4n) is 1.59. The number of benzene rings is 1. The van der Waals surface area contributed by atoms with Crippen LogP contribution in [0, 0.1) is 13.8 Å². The smallest absolute Gasteiger partial charge is 0.148 e. The van der Waals surface area contributed by atoms with Crippen LogP contribution in [0.15, 0.2) is 18.2 Å². The highest BCUT2D eigenvalue weighted by Crippen LogP contribution is 2.29.